The molecule has 0 bridgehead atoms. The summed E-state index contributed by atoms with van der Waals surface area (Å²) in [5.41, 5.74) is 4.10. The van der Waals surface area contributed by atoms with Crippen LogP contribution in [-0.2, 0) is 20.0 Å². The molecular weight excluding hydrogens is 340 g/mol. The number of rotatable bonds is 3. The fourth-order valence-electron chi connectivity index (χ4n) is 4.33. The zero-order chi connectivity index (χ0) is 18.5. The van der Waals surface area contributed by atoms with Crippen molar-refractivity contribution < 1.29 is 4.79 Å². The Balaban J connectivity index is 1.41. The van der Waals surface area contributed by atoms with Crippen LogP contribution in [0.25, 0.3) is 0 Å². The van der Waals surface area contributed by atoms with Crippen molar-refractivity contribution in [2.45, 2.75) is 50.6 Å². The fraction of sp³-hybridized carbons (Fsp3) is 0.600. The first-order chi connectivity index (χ1) is 13.1. The zero-order valence-corrected chi connectivity index (χ0v) is 16.1. The molecule has 7 heteroatoms. The highest BCUT2D eigenvalue weighted by Crippen LogP contribution is 2.40. The molecule has 1 unspecified atom stereocenters. The van der Waals surface area contributed by atoms with E-state index in [4.69, 9.17) is 4.98 Å². The molecule has 0 N–H and O–H groups in total. The summed E-state index contributed by atoms with van der Waals surface area (Å²) < 4.78 is 1.74. The Kier molecular flexibility index (Phi) is 4.00. The van der Waals surface area contributed by atoms with Crippen molar-refractivity contribution in [2.75, 3.05) is 20.1 Å². The van der Waals surface area contributed by atoms with Crippen molar-refractivity contribution in [3.8, 4) is 0 Å². The highest BCUT2D eigenvalue weighted by Gasteiger charge is 2.35. The van der Waals surface area contributed by atoms with E-state index < -0.39 is 0 Å². The standard InChI is InChI=1S/C20H26N6O/c1-24-9-7-15-14(12-24)11-21-19(22-15)17-4-3-8-26(17)20(27)18-10-16(13-5-6-13)23-25(18)2/h10-11,13,17H,3-9,12H2,1-2H3. The number of likely N-dealkylation sites (tertiary alicyclic amines) is 1. The van der Waals surface area contributed by atoms with Crippen LogP contribution in [0.3, 0.4) is 0 Å². The summed E-state index contributed by atoms with van der Waals surface area (Å²) in [6, 6.07) is 1.96. The molecule has 2 aliphatic heterocycles. The Morgan fingerprint density at radius 1 is 1.19 bits per heavy atom. The number of carbonyl (C=O) groups is 1. The number of aromatic nitrogens is 4. The lowest BCUT2D eigenvalue weighted by Gasteiger charge is -2.27. The lowest BCUT2D eigenvalue weighted by molar-refractivity contribution is 0.0718. The molecule has 142 valence electrons. The van der Waals surface area contributed by atoms with E-state index in [-0.39, 0.29) is 11.9 Å². The average molecular weight is 366 g/mol. The van der Waals surface area contributed by atoms with E-state index in [0.29, 0.717) is 11.6 Å². The van der Waals surface area contributed by atoms with Crippen LogP contribution in [0.1, 0.15) is 70.9 Å². The predicted molar refractivity (Wildman–Crippen MR) is 100 cm³/mol. The van der Waals surface area contributed by atoms with Crippen molar-refractivity contribution in [1.82, 2.24) is 29.5 Å². The van der Waals surface area contributed by atoms with Gasteiger partial charge in [0.05, 0.1) is 11.7 Å². The molecule has 1 atom stereocenters. The highest BCUT2D eigenvalue weighted by atomic mass is 16.2. The van der Waals surface area contributed by atoms with Crippen LogP contribution in [0, 0.1) is 0 Å². The number of nitrogens with zero attached hydrogens (tertiary/aromatic N) is 6. The number of fused-ring (bicyclic) bond motifs is 1. The summed E-state index contributed by atoms with van der Waals surface area (Å²) in [4.78, 5) is 27.0. The molecule has 2 fully saturated rings. The molecule has 1 saturated heterocycles. The molecule has 0 radical (unpaired) electrons. The maximum Gasteiger partial charge on any atom is 0.272 e. The van der Waals surface area contributed by atoms with Crippen LogP contribution in [0.15, 0.2) is 12.3 Å². The Bertz CT molecular complexity index is 887. The third kappa shape index (κ3) is 3.04. The summed E-state index contributed by atoms with van der Waals surface area (Å²) in [7, 11) is 3.99. The molecule has 2 aromatic heterocycles. The van der Waals surface area contributed by atoms with Gasteiger partial charge < -0.3 is 9.80 Å². The van der Waals surface area contributed by atoms with Crippen LogP contribution in [0.5, 0.6) is 0 Å². The normalized spacial score (nSPS) is 22.9. The van der Waals surface area contributed by atoms with E-state index in [1.54, 1.807) is 4.68 Å². The van der Waals surface area contributed by atoms with E-state index in [1.807, 2.05) is 24.2 Å². The smallest absolute Gasteiger partial charge is 0.272 e. The van der Waals surface area contributed by atoms with Gasteiger partial charge in [-0.3, -0.25) is 9.48 Å². The van der Waals surface area contributed by atoms with E-state index in [0.717, 1.165) is 56.1 Å². The van der Waals surface area contributed by atoms with Gasteiger partial charge in [-0.2, -0.15) is 5.10 Å². The lowest BCUT2D eigenvalue weighted by atomic mass is 10.1. The number of hydrogen-bond acceptors (Lipinski definition) is 5. The summed E-state index contributed by atoms with van der Waals surface area (Å²) in [5, 5.41) is 4.56. The van der Waals surface area contributed by atoms with Crippen LogP contribution >= 0.6 is 0 Å². The maximum atomic E-state index is 13.2. The van der Waals surface area contributed by atoms with E-state index >= 15 is 0 Å². The van der Waals surface area contributed by atoms with Gasteiger partial charge in [-0.05, 0) is 38.8 Å². The Morgan fingerprint density at radius 3 is 2.85 bits per heavy atom. The predicted octanol–water partition coefficient (Wildman–Crippen LogP) is 2.05. The molecule has 5 rings (SSSR count). The molecule has 1 saturated carbocycles. The molecule has 2 aromatic rings. The summed E-state index contributed by atoms with van der Waals surface area (Å²) >= 11 is 0. The number of aryl methyl sites for hydroxylation is 1. The average Bonchev–Trinajstić information content (AvgIpc) is 3.27. The molecule has 1 amide bonds. The molecule has 4 heterocycles. The van der Waals surface area contributed by atoms with Gasteiger partial charge in [-0.15, -0.1) is 0 Å². The van der Waals surface area contributed by atoms with Gasteiger partial charge in [-0.25, -0.2) is 9.97 Å². The van der Waals surface area contributed by atoms with Gasteiger partial charge in [0.15, 0.2) is 5.82 Å². The summed E-state index contributed by atoms with van der Waals surface area (Å²) in [5.74, 6) is 1.41. The first-order valence-electron chi connectivity index (χ1n) is 9.98. The summed E-state index contributed by atoms with van der Waals surface area (Å²) in [6.45, 7) is 2.69. The van der Waals surface area contributed by atoms with Crippen molar-refractivity contribution in [2.24, 2.45) is 7.05 Å². The largest absolute Gasteiger partial charge is 0.327 e. The maximum absolute atomic E-state index is 13.2. The molecular formula is C20H26N6O. The Hall–Kier alpha value is -2.28. The molecule has 27 heavy (non-hydrogen) atoms. The minimum absolute atomic E-state index is 0.0262. The number of amides is 1. The van der Waals surface area contributed by atoms with Gasteiger partial charge in [0.1, 0.15) is 5.69 Å². The van der Waals surface area contributed by atoms with Gasteiger partial charge in [0, 0.05) is 56.5 Å². The van der Waals surface area contributed by atoms with Crippen molar-refractivity contribution in [3.63, 3.8) is 0 Å². The minimum atomic E-state index is -0.0262. The number of carbonyl (C=O) groups excluding carboxylic acids is 1. The van der Waals surface area contributed by atoms with Gasteiger partial charge in [-0.1, -0.05) is 0 Å². The molecule has 0 aromatic carbocycles. The minimum Gasteiger partial charge on any atom is -0.327 e. The van der Waals surface area contributed by atoms with Crippen molar-refractivity contribution >= 4 is 5.91 Å². The Labute approximate surface area is 159 Å². The monoisotopic (exact) mass is 366 g/mol. The van der Waals surface area contributed by atoms with Crippen molar-refractivity contribution in [1.29, 1.82) is 0 Å². The number of likely N-dealkylation sites (N-methyl/N-ethyl adjacent to an activating group) is 1. The van der Waals surface area contributed by atoms with E-state index in [2.05, 4.69) is 22.0 Å². The summed E-state index contributed by atoms with van der Waals surface area (Å²) in [6.07, 6.45) is 7.22. The van der Waals surface area contributed by atoms with Crippen LogP contribution in [0.2, 0.25) is 0 Å². The van der Waals surface area contributed by atoms with E-state index in [1.165, 1.54) is 18.4 Å². The third-order valence-electron chi connectivity index (χ3n) is 6.07. The second kappa shape index (κ2) is 6.41. The van der Waals surface area contributed by atoms with Crippen LogP contribution in [-0.4, -0.2) is 55.6 Å². The van der Waals surface area contributed by atoms with Crippen LogP contribution < -0.4 is 0 Å². The quantitative estimate of drug-likeness (QED) is 0.832. The van der Waals surface area contributed by atoms with E-state index in [9.17, 15) is 4.79 Å². The first kappa shape index (κ1) is 16.9. The topological polar surface area (TPSA) is 67.2 Å². The van der Waals surface area contributed by atoms with Gasteiger partial charge >= 0.3 is 0 Å². The van der Waals surface area contributed by atoms with Crippen LogP contribution in [0.4, 0.5) is 0 Å². The lowest BCUT2D eigenvalue weighted by Crippen LogP contribution is -2.33. The molecule has 7 nitrogen and oxygen atoms in total. The molecule has 3 aliphatic rings. The highest BCUT2D eigenvalue weighted by molar-refractivity contribution is 5.93. The zero-order valence-electron chi connectivity index (χ0n) is 16.1. The first-order valence-corrected chi connectivity index (χ1v) is 9.98. The van der Waals surface area contributed by atoms with Gasteiger partial charge in [0.25, 0.3) is 5.91 Å². The second-order valence-electron chi connectivity index (χ2n) is 8.20. The fourth-order valence-corrected chi connectivity index (χ4v) is 4.33. The Morgan fingerprint density at radius 2 is 2.04 bits per heavy atom. The van der Waals surface area contributed by atoms with Gasteiger partial charge in [0.2, 0.25) is 0 Å². The number of hydrogen-bond donors (Lipinski definition) is 0. The molecule has 0 spiro atoms. The SMILES string of the molecule is CN1CCc2nc(C3CCCN3C(=O)c3cc(C4CC4)nn3C)ncc2C1. The second-order valence-corrected chi connectivity index (χ2v) is 8.20. The third-order valence-corrected chi connectivity index (χ3v) is 6.07. The van der Waals surface area contributed by atoms with Crippen molar-refractivity contribution in [3.05, 3.63) is 40.7 Å². The molecule has 1 aliphatic carbocycles.